The smallest absolute Gasteiger partial charge is 0.233 e. The Hall–Kier alpha value is -1.09. The molecule has 0 N–H and O–H groups in total. The highest BCUT2D eigenvalue weighted by molar-refractivity contribution is 6.74. The average Bonchev–Trinajstić information content (AvgIpc) is 2.63. The third-order valence-corrected chi connectivity index (χ3v) is 4.47. The Morgan fingerprint density at radius 3 is 2.56 bits per heavy atom. The summed E-state index contributed by atoms with van der Waals surface area (Å²) < 4.78 is 4.87. The van der Waals surface area contributed by atoms with Crippen molar-refractivity contribution >= 4 is 19.1 Å². The molecule has 1 aromatic heterocycles. The van der Waals surface area contributed by atoms with E-state index < -0.39 is 8.07 Å². The van der Waals surface area contributed by atoms with Crippen LogP contribution < -0.4 is 4.57 Å². The topological polar surface area (TPSA) is 8.81 Å². The molecular weight excluding hydrogens is 236 g/mol. The lowest BCUT2D eigenvalue weighted by molar-refractivity contribution is -0.655. The van der Waals surface area contributed by atoms with Crippen molar-refractivity contribution in [3.05, 3.63) is 30.6 Å². The van der Waals surface area contributed by atoms with Gasteiger partial charge in [-0.2, -0.15) is 0 Å². The van der Waals surface area contributed by atoms with Gasteiger partial charge in [0.2, 0.25) is 6.33 Å². The van der Waals surface area contributed by atoms with Crippen LogP contribution in [0.1, 0.15) is 19.8 Å². The standard InChI is InChI=1S/C15H25N2Si/c1-5-6-11-16-12-17(13-18(2,3)4)15-10-8-7-9-14(15)16/h7-10,12H,5-6,11,13H2,1-4H3/q+1. The van der Waals surface area contributed by atoms with Crippen molar-refractivity contribution in [3.63, 3.8) is 0 Å². The van der Waals surface area contributed by atoms with Gasteiger partial charge < -0.3 is 0 Å². The Morgan fingerprint density at radius 1 is 1.17 bits per heavy atom. The molecule has 0 aliphatic rings. The average molecular weight is 261 g/mol. The molecule has 3 heteroatoms. The summed E-state index contributed by atoms with van der Waals surface area (Å²) in [6, 6.07) is 8.78. The first-order valence-electron chi connectivity index (χ1n) is 6.98. The predicted molar refractivity (Wildman–Crippen MR) is 80.4 cm³/mol. The van der Waals surface area contributed by atoms with Gasteiger partial charge in [-0.15, -0.1) is 0 Å². The quantitative estimate of drug-likeness (QED) is 0.574. The molecular formula is C15H25N2Si+. The number of aromatic nitrogens is 2. The number of imidazole rings is 1. The first-order chi connectivity index (χ1) is 8.51. The number of hydrogen-bond donors (Lipinski definition) is 0. The molecule has 0 aliphatic heterocycles. The number of aryl methyl sites for hydroxylation is 1. The third-order valence-electron chi connectivity index (χ3n) is 3.18. The zero-order chi connectivity index (χ0) is 13.2. The summed E-state index contributed by atoms with van der Waals surface area (Å²) in [7, 11) is -1.08. The molecule has 0 amide bonds. The van der Waals surface area contributed by atoms with Crippen molar-refractivity contribution in [1.29, 1.82) is 0 Å². The summed E-state index contributed by atoms with van der Waals surface area (Å²) in [4.78, 5) is 0. The highest BCUT2D eigenvalue weighted by Gasteiger charge is 2.22. The molecule has 0 unspecified atom stereocenters. The number of nitrogens with zero attached hydrogens (tertiary/aromatic N) is 2. The summed E-state index contributed by atoms with van der Waals surface area (Å²) in [5.41, 5.74) is 2.76. The molecule has 0 atom stereocenters. The van der Waals surface area contributed by atoms with Gasteiger partial charge in [0.25, 0.3) is 0 Å². The van der Waals surface area contributed by atoms with Crippen molar-refractivity contribution in [2.75, 3.05) is 0 Å². The lowest BCUT2D eigenvalue weighted by Gasteiger charge is -2.12. The number of fused-ring (bicyclic) bond motifs is 1. The van der Waals surface area contributed by atoms with E-state index in [-0.39, 0.29) is 0 Å². The summed E-state index contributed by atoms with van der Waals surface area (Å²) in [6.45, 7) is 10.7. The van der Waals surface area contributed by atoms with Crippen molar-refractivity contribution in [2.24, 2.45) is 0 Å². The fourth-order valence-corrected chi connectivity index (χ4v) is 3.66. The van der Waals surface area contributed by atoms with Gasteiger partial charge in [0, 0.05) is 0 Å². The normalized spacial score (nSPS) is 12.2. The van der Waals surface area contributed by atoms with E-state index in [2.05, 4.69) is 66.3 Å². The molecule has 0 saturated heterocycles. The Bertz CT molecular complexity index is 523. The molecule has 18 heavy (non-hydrogen) atoms. The molecule has 2 rings (SSSR count). The van der Waals surface area contributed by atoms with Crippen LogP contribution in [0.5, 0.6) is 0 Å². The fourth-order valence-electron chi connectivity index (χ4n) is 2.39. The summed E-state index contributed by atoms with van der Waals surface area (Å²) in [5, 5.41) is 0. The minimum Gasteiger partial charge on any atom is -0.233 e. The van der Waals surface area contributed by atoms with Crippen LogP contribution in [-0.4, -0.2) is 12.6 Å². The van der Waals surface area contributed by atoms with Crippen molar-refractivity contribution in [2.45, 2.75) is 52.1 Å². The molecule has 2 nitrogen and oxygen atoms in total. The Balaban J connectivity index is 2.41. The zero-order valence-corrected chi connectivity index (χ0v) is 13.1. The van der Waals surface area contributed by atoms with Crippen LogP contribution in [0.25, 0.3) is 11.0 Å². The molecule has 0 radical (unpaired) electrons. The van der Waals surface area contributed by atoms with E-state index in [4.69, 9.17) is 0 Å². The van der Waals surface area contributed by atoms with E-state index in [1.54, 1.807) is 0 Å². The van der Waals surface area contributed by atoms with Gasteiger partial charge in [0.15, 0.2) is 11.0 Å². The number of rotatable bonds is 5. The number of para-hydroxylation sites is 2. The molecule has 0 fully saturated rings. The second-order valence-corrected chi connectivity index (χ2v) is 11.8. The van der Waals surface area contributed by atoms with Gasteiger partial charge in [-0.25, -0.2) is 9.13 Å². The lowest BCUT2D eigenvalue weighted by Crippen LogP contribution is -2.45. The second-order valence-electron chi connectivity index (χ2n) is 6.34. The third kappa shape index (κ3) is 3.02. The van der Waals surface area contributed by atoms with Crippen LogP contribution in [-0.2, 0) is 12.7 Å². The van der Waals surface area contributed by atoms with E-state index in [0.29, 0.717) is 0 Å². The number of hydrogen-bond acceptors (Lipinski definition) is 0. The molecule has 0 saturated carbocycles. The molecule has 1 heterocycles. The van der Waals surface area contributed by atoms with Crippen LogP contribution >= 0.6 is 0 Å². The van der Waals surface area contributed by atoms with Gasteiger partial charge >= 0.3 is 0 Å². The minimum absolute atomic E-state index is 1.08. The monoisotopic (exact) mass is 261 g/mol. The second kappa shape index (κ2) is 5.27. The van der Waals surface area contributed by atoms with E-state index in [9.17, 15) is 0 Å². The largest absolute Gasteiger partial charge is 0.244 e. The molecule has 2 aromatic rings. The highest BCUT2D eigenvalue weighted by atomic mass is 28.3. The summed E-state index contributed by atoms with van der Waals surface area (Å²) in [5.74, 6) is 0. The van der Waals surface area contributed by atoms with E-state index in [0.717, 1.165) is 6.54 Å². The Labute approximate surface area is 111 Å². The number of unbranched alkanes of at least 4 members (excludes halogenated alkanes) is 1. The van der Waals surface area contributed by atoms with Gasteiger partial charge in [0.05, 0.1) is 20.8 Å². The molecule has 0 spiro atoms. The molecule has 0 bridgehead atoms. The SMILES string of the molecule is CCCCn1c[n+](C[Si](C)(C)C)c2ccccc21. The van der Waals surface area contributed by atoms with Crippen LogP contribution in [0.2, 0.25) is 19.6 Å². The summed E-state index contributed by atoms with van der Waals surface area (Å²) >= 11 is 0. The molecule has 98 valence electrons. The van der Waals surface area contributed by atoms with Crippen LogP contribution in [0.15, 0.2) is 30.6 Å². The maximum absolute atomic E-state index is 2.46. The minimum atomic E-state index is -1.08. The molecule has 1 aromatic carbocycles. The highest BCUT2D eigenvalue weighted by Crippen LogP contribution is 2.13. The van der Waals surface area contributed by atoms with Gasteiger partial charge in [-0.05, 0) is 18.6 Å². The van der Waals surface area contributed by atoms with Crippen LogP contribution in [0.3, 0.4) is 0 Å². The first kappa shape index (κ1) is 13.3. The van der Waals surface area contributed by atoms with E-state index in [1.807, 2.05) is 0 Å². The van der Waals surface area contributed by atoms with Crippen molar-refractivity contribution < 1.29 is 4.57 Å². The molecule has 0 aliphatic carbocycles. The fraction of sp³-hybridized carbons (Fsp3) is 0.533. The maximum atomic E-state index is 2.46. The van der Waals surface area contributed by atoms with Crippen molar-refractivity contribution in [3.8, 4) is 0 Å². The van der Waals surface area contributed by atoms with Gasteiger partial charge in [0.1, 0.15) is 0 Å². The van der Waals surface area contributed by atoms with Gasteiger partial charge in [-0.1, -0.05) is 45.1 Å². The number of benzene rings is 1. The maximum Gasteiger partial charge on any atom is 0.244 e. The summed E-state index contributed by atoms with van der Waals surface area (Å²) in [6.07, 6.45) is 6.03. The van der Waals surface area contributed by atoms with Crippen LogP contribution in [0.4, 0.5) is 0 Å². The van der Waals surface area contributed by atoms with Crippen LogP contribution in [0, 0.1) is 0 Å². The first-order valence-corrected chi connectivity index (χ1v) is 10.7. The van der Waals surface area contributed by atoms with Crippen molar-refractivity contribution in [1.82, 2.24) is 4.57 Å². The van der Waals surface area contributed by atoms with E-state index >= 15 is 0 Å². The lowest BCUT2D eigenvalue weighted by atomic mass is 10.3. The van der Waals surface area contributed by atoms with Gasteiger partial charge in [-0.3, -0.25) is 0 Å². The Morgan fingerprint density at radius 2 is 1.89 bits per heavy atom. The predicted octanol–water partition coefficient (Wildman–Crippen LogP) is 3.61. The van der Waals surface area contributed by atoms with E-state index in [1.165, 1.54) is 30.0 Å². The Kier molecular flexibility index (Phi) is 3.90. The zero-order valence-electron chi connectivity index (χ0n) is 12.1.